The van der Waals surface area contributed by atoms with Crippen molar-refractivity contribution in [1.82, 2.24) is 25.9 Å². The van der Waals surface area contributed by atoms with Gasteiger partial charge in [0.15, 0.2) is 5.82 Å². The van der Waals surface area contributed by atoms with Gasteiger partial charge >= 0.3 is 5.97 Å². The van der Waals surface area contributed by atoms with E-state index in [-0.39, 0.29) is 25.0 Å². The molecule has 0 bridgehead atoms. The van der Waals surface area contributed by atoms with Crippen LogP contribution < -0.4 is 20.7 Å². The van der Waals surface area contributed by atoms with E-state index in [4.69, 9.17) is 9.47 Å². The number of aliphatic carboxylic acids is 1. The summed E-state index contributed by atoms with van der Waals surface area (Å²) in [6.45, 7) is 9.59. The number of rotatable bonds is 22. The van der Waals surface area contributed by atoms with Gasteiger partial charge in [0.1, 0.15) is 18.0 Å². The van der Waals surface area contributed by atoms with Crippen LogP contribution in [0.25, 0.3) is 22.5 Å². The molecule has 0 radical (unpaired) electrons. The number of unbranched alkanes of at least 4 members (excludes halogenated alkanes) is 4. The number of hydrogen-bond donors (Lipinski definition) is 5. The second kappa shape index (κ2) is 21.4. The third-order valence-corrected chi connectivity index (χ3v) is 10.5. The van der Waals surface area contributed by atoms with Gasteiger partial charge in [-0.25, -0.2) is 9.97 Å². The Hall–Kier alpha value is -4.69. The first-order chi connectivity index (χ1) is 26.4. The van der Waals surface area contributed by atoms with Crippen molar-refractivity contribution in [1.29, 1.82) is 0 Å². The molecule has 12 nitrogen and oxygen atoms in total. The minimum atomic E-state index is -1.37. The van der Waals surface area contributed by atoms with Gasteiger partial charge in [0.2, 0.25) is 5.91 Å². The summed E-state index contributed by atoms with van der Waals surface area (Å²) in [5.74, 6) is -0.905. The number of ether oxygens (including phenoxy) is 2. The van der Waals surface area contributed by atoms with Crippen LogP contribution in [0.1, 0.15) is 86.3 Å². The second-order valence-corrected chi connectivity index (χ2v) is 15.6. The van der Waals surface area contributed by atoms with Crippen molar-refractivity contribution in [2.24, 2.45) is 0 Å². The van der Waals surface area contributed by atoms with Crippen LogP contribution in [0.15, 0.2) is 73.1 Å². The number of thiophene rings is 1. The number of aliphatic hydroxyl groups excluding tert-OH is 1. The molecule has 55 heavy (non-hydrogen) atoms. The Bertz CT molecular complexity index is 1790. The maximum Gasteiger partial charge on any atom is 0.305 e. The number of nitrogens with one attached hydrogen (secondary N) is 3. The maximum absolute atomic E-state index is 13.7. The largest absolute Gasteiger partial charge is 0.494 e. The van der Waals surface area contributed by atoms with Crippen LogP contribution in [-0.2, 0) is 26.2 Å². The molecule has 2 amide bonds. The van der Waals surface area contributed by atoms with E-state index in [9.17, 15) is 24.6 Å². The van der Waals surface area contributed by atoms with E-state index in [1.807, 2.05) is 54.6 Å². The molecule has 2 aromatic heterocycles. The zero-order valence-electron chi connectivity index (χ0n) is 32.5. The summed E-state index contributed by atoms with van der Waals surface area (Å²) in [5.41, 5.74) is 3.19. The first-order valence-electron chi connectivity index (χ1n) is 18.9. The van der Waals surface area contributed by atoms with Gasteiger partial charge in [0.05, 0.1) is 30.6 Å². The number of hydrogen-bond acceptors (Lipinski definition) is 10. The number of carbonyl (C=O) groups excluding carboxylic acids is 2. The smallest absolute Gasteiger partial charge is 0.305 e. The molecular weight excluding hydrogens is 719 g/mol. The molecule has 13 heteroatoms. The third-order valence-electron chi connectivity index (χ3n) is 8.96. The lowest BCUT2D eigenvalue weighted by atomic mass is 9.95. The van der Waals surface area contributed by atoms with Gasteiger partial charge in [-0.05, 0) is 47.2 Å². The van der Waals surface area contributed by atoms with Crippen molar-refractivity contribution < 1.29 is 34.1 Å². The molecular formula is C42H55N5O7S. The minimum absolute atomic E-state index is 0.0979. The average Bonchev–Trinajstić information content (AvgIpc) is 3.68. The summed E-state index contributed by atoms with van der Waals surface area (Å²) in [6.07, 6.45) is 7.70. The van der Waals surface area contributed by atoms with Gasteiger partial charge in [-0.2, -0.15) is 0 Å². The first-order valence-corrected chi connectivity index (χ1v) is 19.7. The summed E-state index contributed by atoms with van der Waals surface area (Å²) in [4.78, 5) is 49.5. The van der Waals surface area contributed by atoms with E-state index in [2.05, 4.69) is 53.6 Å². The van der Waals surface area contributed by atoms with Crippen LogP contribution in [0, 0.1) is 0 Å². The molecule has 4 aromatic rings. The Morgan fingerprint density at radius 3 is 2.13 bits per heavy atom. The van der Waals surface area contributed by atoms with Gasteiger partial charge in [0, 0.05) is 48.5 Å². The van der Waals surface area contributed by atoms with Gasteiger partial charge in [0.25, 0.3) is 5.91 Å². The summed E-state index contributed by atoms with van der Waals surface area (Å²) < 4.78 is 10.9. The topological polar surface area (TPSA) is 172 Å². The molecule has 0 fully saturated rings. The van der Waals surface area contributed by atoms with Crippen LogP contribution in [0.4, 0.5) is 0 Å². The number of carboxylic acid groups (broad SMARTS) is 1. The molecule has 0 aliphatic carbocycles. The number of amides is 2. The zero-order valence-corrected chi connectivity index (χ0v) is 33.3. The van der Waals surface area contributed by atoms with Crippen molar-refractivity contribution in [3.63, 3.8) is 0 Å². The van der Waals surface area contributed by atoms with Crippen LogP contribution >= 0.6 is 11.3 Å². The van der Waals surface area contributed by atoms with Gasteiger partial charge in [-0.3, -0.25) is 19.7 Å². The van der Waals surface area contributed by atoms with E-state index < -0.39 is 42.5 Å². The monoisotopic (exact) mass is 773 g/mol. The normalized spacial score (nSPS) is 13.1. The Labute approximate surface area is 328 Å². The van der Waals surface area contributed by atoms with Crippen LogP contribution in [-0.4, -0.2) is 83.1 Å². The SMILES string of the molecule is CCCCCCCOc1ccc(-c2cnc(-c3ccc(C[C@H](NC(=O)c4ccc(C(C)(C)C)s4)C(=O)N[C@@H](CC(=O)O)C(O)NCCOC)cc3)nc2)cc1. The molecule has 2 aromatic carbocycles. The number of carbonyl (C=O) groups is 3. The molecule has 5 N–H and O–H groups in total. The number of nitrogens with zero attached hydrogens (tertiary/aromatic N) is 2. The van der Waals surface area contributed by atoms with Crippen molar-refractivity contribution in [2.45, 2.75) is 96.4 Å². The molecule has 2 heterocycles. The summed E-state index contributed by atoms with van der Waals surface area (Å²) in [7, 11) is 1.50. The van der Waals surface area contributed by atoms with Crippen LogP contribution in [0.3, 0.4) is 0 Å². The van der Waals surface area contributed by atoms with Crippen LogP contribution in [0.5, 0.6) is 5.75 Å². The summed E-state index contributed by atoms with van der Waals surface area (Å²) >= 11 is 1.35. The van der Waals surface area contributed by atoms with E-state index in [0.29, 0.717) is 17.3 Å². The fourth-order valence-corrected chi connectivity index (χ4v) is 6.72. The fourth-order valence-electron chi connectivity index (χ4n) is 5.76. The molecule has 4 rings (SSSR count). The zero-order chi connectivity index (χ0) is 39.8. The predicted molar refractivity (Wildman–Crippen MR) is 215 cm³/mol. The Balaban J connectivity index is 1.45. The van der Waals surface area contributed by atoms with E-state index in [0.717, 1.165) is 39.3 Å². The maximum atomic E-state index is 13.7. The lowest BCUT2D eigenvalue weighted by Crippen LogP contribution is -2.56. The van der Waals surface area contributed by atoms with Crippen molar-refractivity contribution in [2.75, 3.05) is 26.9 Å². The molecule has 0 aliphatic heterocycles. The second-order valence-electron chi connectivity index (χ2n) is 14.5. The highest BCUT2D eigenvalue weighted by atomic mass is 32.1. The van der Waals surface area contributed by atoms with Crippen molar-refractivity contribution >= 4 is 29.1 Å². The Morgan fingerprint density at radius 2 is 1.51 bits per heavy atom. The molecule has 296 valence electrons. The Morgan fingerprint density at radius 1 is 0.836 bits per heavy atom. The average molecular weight is 774 g/mol. The van der Waals surface area contributed by atoms with E-state index in [1.54, 1.807) is 18.5 Å². The van der Waals surface area contributed by atoms with Crippen LogP contribution in [0.2, 0.25) is 0 Å². The number of methoxy groups -OCH3 is 1. The molecule has 0 aliphatic rings. The number of carboxylic acids is 1. The quantitative estimate of drug-likeness (QED) is 0.0446. The number of benzene rings is 2. The van der Waals surface area contributed by atoms with E-state index >= 15 is 0 Å². The highest BCUT2D eigenvalue weighted by Gasteiger charge is 2.29. The molecule has 1 unspecified atom stereocenters. The lowest BCUT2D eigenvalue weighted by Gasteiger charge is -2.26. The fraction of sp³-hybridized carbons (Fsp3) is 0.452. The van der Waals surface area contributed by atoms with E-state index in [1.165, 1.54) is 44.1 Å². The van der Waals surface area contributed by atoms with Crippen molar-refractivity contribution in [3.8, 4) is 28.3 Å². The molecule has 0 saturated heterocycles. The lowest BCUT2D eigenvalue weighted by molar-refractivity contribution is -0.139. The molecule has 0 spiro atoms. The predicted octanol–water partition coefficient (Wildman–Crippen LogP) is 6.37. The molecule has 0 saturated carbocycles. The van der Waals surface area contributed by atoms with Gasteiger partial charge in [-0.1, -0.05) is 89.8 Å². The number of aromatic nitrogens is 2. The highest BCUT2D eigenvalue weighted by Crippen LogP contribution is 2.30. The molecule has 3 atom stereocenters. The van der Waals surface area contributed by atoms with Crippen molar-refractivity contribution in [3.05, 3.63) is 88.4 Å². The first kappa shape index (κ1) is 43.0. The van der Waals surface area contributed by atoms with Gasteiger partial charge in [-0.15, -0.1) is 11.3 Å². The third kappa shape index (κ3) is 13.8. The highest BCUT2D eigenvalue weighted by molar-refractivity contribution is 7.14. The summed E-state index contributed by atoms with van der Waals surface area (Å²) in [5, 5.41) is 28.5. The number of aliphatic hydroxyl groups is 1. The summed E-state index contributed by atoms with van der Waals surface area (Å²) in [6, 6.07) is 16.6. The standard InChI is InChI=1S/C42H55N5O7S/c1-6-7-8-9-10-22-54-32-17-15-29(16-18-32)31-26-44-38(45-27-31)30-13-11-28(12-14-30)24-33(47-41(52)35-19-20-36(55-35)42(2,3)4)40(51)46-34(25-37(48)49)39(50)43-21-23-53-5/h11-20,26-27,33-34,39,43,50H,6-10,21-25H2,1-5H3,(H,46,51)(H,47,52)(H,48,49)/t33-,34-,39?/m0/s1. The Kier molecular flexibility index (Phi) is 16.8. The minimum Gasteiger partial charge on any atom is -0.494 e. The van der Waals surface area contributed by atoms with Gasteiger partial charge < -0.3 is 30.3 Å².